The van der Waals surface area contributed by atoms with Gasteiger partial charge in [0.05, 0.1) is 0 Å². The van der Waals surface area contributed by atoms with Crippen molar-refractivity contribution >= 4 is 0 Å². The van der Waals surface area contributed by atoms with Crippen LogP contribution in [0, 0.1) is 11.8 Å². The van der Waals surface area contributed by atoms with Crippen LogP contribution in [0.3, 0.4) is 0 Å². The van der Waals surface area contributed by atoms with Gasteiger partial charge in [0, 0.05) is 12.6 Å². The zero-order valence-corrected chi connectivity index (χ0v) is 10.3. The molecule has 1 atom stereocenters. The summed E-state index contributed by atoms with van der Waals surface area (Å²) in [5, 5.41) is 12.5. The molecule has 15 heavy (non-hydrogen) atoms. The smallest absolute Gasteiger partial charge is 0.0434 e. The van der Waals surface area contributed by atoms with Crippen LogP contribution in [-0.2, 0) is 0 Å². The Morgan fingerprint density at radius 3 is 2.47 bits per heavy atom. The van der Waals surface area contributed by atoms with Gasteiger partial charge in [-0.05, 0) is 50.5 Å². The molecule has 1 fully saturated rings. The Morgan fingerprint density at radius 1 is 1.27 bits per heavy atom. The zero-order chi connectivity index (χ0) is 11.1. The SMILES string of the molecule is CCC1CCC(NCC(C)CCO)CC1. The summed E-state index contributed by atoms with van der Waals surface area (Å²) in [5.74, 6) is 1.59. The predicted molar refractivity (Wildman–Crippen MR) is 64.9 cm³/mol. The highest BCUT2D eigenvalue weighted by atomic mass is 16.3. The molecule has 1 aliphatic carbocycles. The van der Waals surface area contributed by atoms with E-state index in [9.17, 15) is 0 Å². The van der Waals surface area contributed by atoms with Crippen LogP contribution >= 0.6 is 0 Å². The standard InChI is InChI=1S/C13H27NO/c1-3-12-4-6-13(7-5-12)14-10-11(2)8-9-15/h11-15H,3-10H2,1-2H3. The number of rotatable bonds is 6. The summed E-state index contributed by atoms with van der Waals surface area (Å²) in [6.07, 6.45) is 7.80. The Bertz CT molecular complexity index is 153. The largest absolute Gasteiger partial charge is 0.396 e. The second-order valence-electron chi connectivity index (χ2n) is 5.15. The van der Waals surface area contributed by atoms with E-state index in [0.717, 1.165) is 24.9 Å². The Kier molecular flexibility index (Phi) is 6.26. The summed E-state index contributed by atoms with van der Waals surface area (Å²) < 4.78 is 0. The molecule has 90 valence electrons. The van der Waals surface area contributed by atoms with Crippen LogP contribution in [0.2, 0.25) is 0 Å². The average molecular weight is 213 g/mol. The highest BCUT2D eigenvalue weighted by molar-refractivity contribution is 4.77. The molecule has 0 heterocycles. The van der Waals surface area contributed by atoms with Crippen LogP contribution in [0.1, 0.15) is 52.4 Å². The van der Waals surface area contributed by atoms with Gasteiger partial charge in [0.15, 0.2) is 0 Å². The van der Waals surface area contributed by atoms with Crippen LogP contribution in [0.4, 0.5) is 0 Å². The van der Waals surface area contributed by atoms with E-state index in [0.29, 0.717) is 12.5 Å². The highest BCUT2D eigenvalue weighted by Crippen LogP contribution is 2.26. The van der Waals surface area contributed by atoms with E-state index >= 15 is 0 Å². The monoisotopic (exact) mass is 213 g/mol. The van der Waals surface area contributed by atoms with Gasteiger partial charge in [0.2, 0.25) is 0 Å². The molecule has 2 nitrogen and oxygen atoms in total. The minimum Gasteiger partial charge on any atom is -0.396 e. The van der Waals surface area contributed by atoms with E-state index in [2.05, 4.69) is 19.2 Å². The third-order valence-corrected chi connectivity index (χ3v) is 3.80. The van der Waals surface area contributed by atoms with Gasteiger partial charge in [-0.25, -0.2) is 0 Å². The van der Waals surface area contributed by atoms with Crippen LogP contribution in [0.5, 0.6) is 0 Å². The number of hydrogen-bond donors (Lipinski definition) is 2. The van der Waals surface area contributed by atoms with Gasteiger partial charge >= 0.3 is 0 Å². The molecule has 0 aliphatic heterocycles. The zero-order valence-electron chi connectivity index (χ0n) is 10.3. The van der Waals surface area contributed by atoms with Crippen molar-refractivity contribution in [2.75, 3.05) is 13.2 Å². The van der Waals surface area contributed by atoms with Crippen molar-refractivity contribution in [1.29, 1.82) is 0 Å². The van der Waals surface area contributed by atoms with Crippen LogP contribution in [-0.4, -0.2) is 24.3 Å². The molecule has 1 aliphatic rings. The maximum absolute atomic E-state index is 8.81. The molecule has 0 spiro atoms. The van der Waals surface area contributed by atoms with E-state index in [1.807, 2.05) is 0 Å². The van der Waals surface area contributed by atoms with Gasteiger partial charge in [-0.1, -0.05) is 20.3 Å². The maximum atomic E-state index is 8.81. The van der Waals surface area contributed by atoms with Crippen molar-refractivity contribution in [2.24, 2.45) is 11.8 Å². The molecular formula is C13H27NO. The number of aliphatic hydroxyl groups is 1. The van der Waals surface area contributed by atoms with E-state index < -0.39 is 0 Å². The first kappa shape index (κ1) is 13.0. The molecule has 1 saturated carbocycles. The van der Waals surface area contributed by atoms with Crippen molar-refractivity contribution in [2.45, 2.75) is 58.4 Å². The third kappa shape index (κ3) is 4.98. The van der Waals surface area contributed by atoms with E-state index in [-0.39, 0.29) is 0 Å². The van der Waals surface area contributed by atoms with Gasteiger partial charge in [-0.2, -0.15) is 0 Å². The number of aliphatic hydroxyl groups excluding tert-OH is 1. The minimum atomic E-state index is 0.325. The lowest BCUT2D eigenvalue weighted by Gasteiger charge is -2.29. The molecule has 2 N–H and O–H groups in total. The van der Waals surface area contributed by atoms with Gasteiger partial charge in [0.1, 0.15) is 0 Å². The van der Waals surface area contributed by atoms with Crippen LogP contribution < -0.4 is 5.32 Å². The second-order valence-corrected chi connectivity index (χ2v) is 5.15. The van der Waals surface area contributed by atoms with Crippen LogP contribution in [0.25, 0.3) is 0 Å². The van der Waals surface area contributed by atoms with Crippen LogP contribution in [0.15, 0.2) is 0 Å². The van der Waals surface area contributed by atoms with Crippen molar-refractivity contribution in [1.82, 2.24) is 5.32 Å². The lowest BCUT2D eigenvalue weighted by molar-refractivity contribution is 0.244. The van der Waals surface area contributed by atoms with E-state index in [1.54, 1.807) is 0 Å². The Morgan fingerprint density at radius 2 is 1.93 bits per heavy atom. The topological polar surface area (TPSA) is 32.3 Å². The molecule has 0 aromatic carbocycles. The van der Waals surface area contributed by atoms with Gasteiger partial charge in [-0.15, -0.1) is 0 Å². The number of nitrogens with one attached hydrogen (secondary N) is 1. The summed E-state index contributed by atoms with van der Waals surface area (Å²) in [6.45, 7) is 5.91. The van der Waals surface area contributed by atoms with Crippen molar-refractivity contribution in [3.05, 3.63) is 0 Å². The normalized spacial score (nSPS) is 29.0. The maximum Gasteiger partial charge on any atom is 0.0434 e. The molecule has 0 aromatic rings. The summed E-state index contributed by atoms with van der Waals surface area (Å²) in [7, 11) is 0. The summed E-state index contributed by atoms with van der Waals surface area (Å²) >= 11 is 0. The van der Waals surface area contributed by atoms with Crippen molar-refractivity contribution in [3.8, 4) is 0 Å². The van der Waals surface area contributed by atoms with Crippen molar-refractivity contribution in [3.63, 3.8) is 0 Å². The number of hydrogen-bond acceptors (Lipinski definition) is 2. The van der Waals surface area contributed by atoms with Gasteiger partial charge < -0.3 is 10.4 Å². The Hall–Kier alpha value is -0.0800. The summed E-state index contributed by atoms with van der Waals surface area (Å²) in [4.78, 5) is 0. The first-order valence-corrected chi connectivity index (χ1v) is 6.60. The second kappa shape index (κ2) is 7.24. The van der Waals surface area contributed by atoms with Gasteiger partial charge in [-0.3, -0.25) is 0 Å². The predicted octanol–water partition coefficient (Wildman–Crippen LogP) is 2.56. The molecular weight excluding hydrogens is 186 g/mol. The molecule has 1 rings (SSSR count). The summed E-state index contributed by atoms with van der Waals surface area (Å²) in [6, 6.07) is 0.744. The van der Waals surface area contributed by atoms with Crippen molar-refractivity contribution < 1.29 is 5.11 Å². The highest BCUT2D eigenvalue weighted by Gasteiger charge is 2.19. The fraction of sp³-hybridized carbons (Fsp3) is 1.00. The fourth-order valence-electron chi connectivity index (χ4n) is 2.47. The molecule has 1 unspecified atom stereocenters. The quantitative estimate of drug-likeness (QED) is 0.711. The molecule has 0 radical (unpaired) electrons. The molecule has 0 aromatic heterocycles. The first-order valence-electron chi connectivity index (χ1n) is 6.60. The minimum absolute atomic E-state index is 0.325. The van der Waals surface area contributed by atoms with E-state index in [1.165, 1.54) is 32.1 Å². The van der Waals surface area contributed by atoms with E-state index in [4.69, 9.17) is 5.11 Å². The average Bonchev–Trinajstić information content (AvgIpc) is 2.27. The van der Waals surface area contributed by atoms with Gasteiger partial charge in [0.25, 0.3) is 0 Å². The molecule has 0 bridgehead atoms. The lowest BCUT2D eigenvalue weighted by Crippen LogP contribution is -2.36. The molecule has 0 amide bonds. The fourth-order valence-corrected chi connectivity index (χ4v) is 2.47. The third-order valence-electron chi connectivity index (χ3n) is 3.80. The Labute approximate surface area is 94.5 Å². The summed E-state index contributed by atoms with van der Waals surface area (Å²) in [5.41, 5.74) is 0. The molecule has 0 saturated heterocycles. The first-order chi connectivity index (χ1) is 7.26. The lowest BCUT2D eigenvalue weighted by atomic mass is 9.84. The Balaban J connectivity index is 2.08. The molecule has 2 heteroatoms.